The van der Waals surface area contributed by atoms with E-state index in [1.54, 1.807) is 18.2 Å². The Hall–Kier alpha value is -1.65. The second kappa shape index (κ2) is 5.15. The van der Waals surface area contributed by atoms with Crippen LogP contribution in [0.15, 0.2) is 30.3 Å². The van der Waals surface area contributed by atoms with E-state index < -0.39 is 5.54 Å². The van der Waals surface area contributed by atoms with Gasteiger partial charge in [0.15, 0.2) is 0 Å². The molecule has 0 radical (unpaired) electrons. The molecule has 19 heavy (non-hydrogen) atoms. The number of fused-ring (bicyclic) bond motifs is 1. The smallest absolute Gasteiger partial charge is 0.269 e. The monoisotopic (exact) mass is 277 g/mol. The van der Waals surface area contributed by atoms with Gasteiger partial charge in [-0.3, -0.25) is 4.79 Å². The molecule has 0 saturated heterocycles. The molecule has 1 aromatic carbocycles. The van der Waals surface area contributed by atoms with Crippen molar-refractivity contribution in [3.63, 3.8) is 0 Å². The second-order valence-corrected chi connectivity index (χ2v) is 5.64. The van der Waals surface area contributed by atoms with E-state index in [9.17, 15) is 4.79 Å². The molecule has 0 aliphatic heterocycles. The van der Waals surface area contributed by atoms with E-state index in [-0.39, 0.29) is 5.91 Å². The van der Waals surface area contributed by atoms with Crippen LogP contribution in [0.1, 0.15) is 24.3 Å². The maximum absolute atomic E-state index is 12.0. The third-order valence-electron chi connectivity index (χ3n) is 2.59. The molecule has 0 aliphatic rings. The van der Waals surface area contributed by atoms with Gasteiger partial charge in [-0.25, -0.2) is 4.98 Å². The Labute approximate surface area is 117 Å². The van der Waals surface area contributed by atoms with Gasteiger partial charge in [-0.1, -0.05) is 23.7 Å². The first-order valence-electron chi connectivity index (χ1n) is 5.98. The molecule has 2 aromatic rings. The summed E-state index contributed by atoms with van der Waals surface area (Å²) in [5, 5.41) is 4.30. The molecule has 0 bridgehead atoms. The minimum Gasteiger partial charge on any atom is -0.349 e. The molecule has 100 valence electrons. The first-order chi connectivity index (χ1) is 8.85. The minimum absolute atomic E-state index is 0.236. The fraction of sp³-hybridized carbons (Fsp3) is 0.286. The lowest BCUT2D eigenvalue weighted by Gasteiger charge is -2.18. The Morgan fingerprint density at radius 1 is 1.37 bits per heavy atom. The highest BCUT2D eigenvalue weighted by Crippen LogP contribution is 2.17. The quantitative estimate of drug-likeness (QED) is 0.905. The third-order valence-corrected chi connectivity index (χ3v) is 2.83. The highest BCUT2D eigenvalue weighted by atomic mass is 35.5. The molecule has 1 amide bonds. The average Bonchev–Trinajstić information content (AvgIpc) is 2.34. The first kappa shape index (κ1) is 13.8. The van der Waals surface area contributed by atoms with E-state index in [0.717, 1.165) is 5.39 Å². The fourth-order valence-corrected chi connectivity index (χ4v) is 1.78. The molecular weight excluding hydrogens is 262 g/mol. The molecule has 1 aromatic heterocycles. The second-order valence-electron chi connectivity index (χ2n) is 5.20. The Kier molecular flexibility index (Phi) is 3.73. The largest absolute Gasteiger partial charge is 0.349 e. The predicted octanol–water partition coefficient (Wildman–Crippen LogP) is 2.36. The van der Waals surface area contributed by atoms with E-state index in [0.29, 0.717) is 22.8 Å². The molecule has 5 heteroatoms. The van der Waals surface area contributed by atoms with Gasteiger partial charge in [-0.05, 0) is 32.0 Å². The number of carbonyl (C=O) groups is 1. The van der Waals surface area contributed by atoms with Crippen LogP contribution in [0.5, 0.6) is 0 Å². The van der Waals surface area contributed by atoms with Gasteiger partial charge in [0, 0.05) is 22.5 Å². The molecule has 3 N–H and O–H groups in total. The van der Waals surface area contributed by atoms with E-state index in [1.807, 2.05) is 26.0 Å². The summed E-state index contributed by atoms with van der Waals surface area (Å²) in [7, 11) is 0. The Morgan fingerprint density at radius 2 is 2.05 bits per heavy atom. The number of amides is 1. The molecular formula is C14H16ClN3O. The van der Waals surface area contributed by atoms with Gasteiger partial charge in [-0.2, -0.15) is 0 Å². The Morgan fingerprint density at radius 3 is 2.74 bits per heavy atom. The molecule has 1 heterocycles. The van der Waals surface area contributed by atoms with Gasteiger partial charge < -0.3 is 11.1 Å². The molecule has 4 nitrogen and oxygen atoms in total. The van der Waals surface area contributed by atoms with Crippen molar-refractivity contribution in [2.75, 3.05) is 6.54 Å². The number of nitrogens with one attached hydrogen (secondary N) is 1. The summed E-state index contributed by atoms with van der Waals surface area (Å²) in [6.07, 6.45) is 0. The highest BCUT2D eigenvalue weighted by molar-refractivity contribution is 6.31. The van der Waals surface area contributed by atoms with E-state index in [2.05, 4.69) is 10.3 Å². The van der Waals surface area contributed by atoms with E-state index >= 15 is 0 Å². The number of carbonyl (C=O) groups excluding carboxylic acids is 1. The molecule has 0 fully saturated rings. The summed E-state index contributed by atoms with van der Waals surface area (Å²) >= 11 is 5.91. The van der Waals surface area contributed by atoms with Crippen molar-refractivity contribution in [1.82, 2.24) is 10.3 Å². The lowest BCUT2D eigenvalue weighted by atomic mass is 10.1. The van der Waals surface area contributed by atoms with Crippen LogP contribution in [0.3, 0.4) is 0 Å². The third kappa shape index (κ3) is 3.66. The van der Waals surface area contributed by atoms with E-state index in [1.165, 1.54) is 0 Å². The van der Waals surface area contributed by atoms with Gasteiger partial charge in [-0.15, -0.1) is 0 Å². The van der Waals surface area contributed by atoms with Gasteiger partial charge in [0.25, 0.3) is 5.91 Å². The zero-order valence-electron chi connectivity index (χ0n) is 10.9. The standard InChI is InChI=1S/C14H16ClN3O/c1-14(2,16)8-17-13(19)11-6-4-9-3-5-10(15)7-12(9)18-11/h3-7H,8,16H2,1-2H3,(H,17,19). The number of halogens is 1. The van der Waals surface area contributed by atoms with Crippen LogP contribution < -0.4 is 11.1 Å². The highest BCUT2D eigenvalue weighted by Gasteiger charge is 2.14. The van der Waals surface area contributed by atoms with Gasteiger partial charge >= 0.3 is 0 Å². The summed E-state index contributed by atoms with van der Waals surface area (Å²) < 4.78 is 0. The van der Waals surface area contributed by atoms with Crippen LogP contribution in [0.4, 0.5) is 0 Å². The van der Waals surface area contributed by atoms with Crippen LogP contribution in [0.2, 0.25) is 5.02 Å². The summed E-state index contributed by atoms with van der Waals surface area (Å²) in [6, 6.07) is 8.94. The SMILES string of the molecule is CC(C)(N)CNC(=O)c1ccc2ccc(Cl)cc2n1. The van der Waals surface area contributed by atoms with Crippen LogP contribution in [-0.2, 0) is 0 Å². The van der Waals surface area contributed by atoms with Crippen LogP contribution in [0, 0.1) is 0 Å². The predicted molar refractivity (Wildman–Crippen MR) is 77.4 cm³/mol. The van der Waals surface area contributed by atoms with Gasteiger partial charge in [0.2, 0.25) is 0 Å². The van der Waals surface area contributed by atoms with Crippen molar-refractivity contribution >= 4 is 28.4 Å². The fourth-order valence-electron chi connectivity index (χ4n) is 1.62. The summed E-state index contributed by atoms with van der Waals surface area (Å²) in [4.78, 5) is 16.3. The van der Waals surface area contributed by atoms with Crippen molar-refractivity contribution in [1.29, 1.82) is 0 Å². The van der Waals surface area contributed by atoms with E-state index in [4.69, 9.17) is 17.3 Å². The normalized spacial score (nSPS) is 11.6. The molecule has 2 rings (SSSR count). The maximum atomic E-state index is 12.0. The number of aromatic nitrogens is 1. The zero-order chi connectivity index (χ0) is 14.0. The number of hydrogen-bond donors (Lipinski definition) is 2. The Bertz CT molecular complexity index is 620. The average molecular weight is 278 g/mol. The zero-order valence-corrected chi connectivity index (χ0v) is 11.7. The number of hydrogen-bond acceptors (Lipinski definition) is 3. The minimum atomic E-state index is -0.449. The van der Waals surface area contributed by atoms with Crippen LogP contribution >= 0.6 is 11.6 Å². The number of nitrogens with two attached hydrogens (primary N) is 1. The number of pyridine rings is 1. The first-order valence-corrected chi connectivity index (χ1v) is 6.36. The summed E-state index contributed by atoms with van der Waals surface area (Å²) in [5.41, 5.74) is 6.43. The van der Waals surface area contributed by atoms with Crippen molar-refractivity contribution < 1.29 is 4.79 Å². The lowest BCUT2D eigenvalue weighted by Crippen LogP contribution is -2.45. The molecule has 0 unspecified atom stereocenters. The topological polar surface area (TPSA) is 68.0 Å². The van der Waals surface area contributed by atoms with Gasteiger partial charge in [0.1, 0.15) is 5.69 Å². The van der Waals surface area contributed by atoms with Crippen molar-refractivity contribution in [2.45, 2.75) is 19.4 Å². The lowest BCUT2D eigenvalue weighted by molar-refractivity contribution is 0.0941. The Balaban J connectivity index is 2.23. The summed E-state index contributed by atoms with van der Waals surface area (Å²) in [6.45, 7) is 4.09. The molecule has 0 saturated carbocycles. The molecule has 0 aliphatic carbocycles. The number of nitrogens with zero attached hydrogens (tertiary/aromatic N) is 1. The summed E-state index contributed by atoms with van der Waals surface area (Å²) in [5.74, 6) is -0.236. The molecule has 0 spiro atoms. The number of rotatable bonds is 3. The molecule has 0 atom stereocenters. The van der Waals surface area contributed by atoms with Crippen molar-refractivity contribution in [3.05, 3.63) is 41.0 Å². The van der Waals surface area contributed by atoms with Gasteiger partial charge in [0.05, 0.1) is 5.52 Å². The maximum Gasteiger partial charge on any atom is 0.269 e. The van der Waals surface area contributed by atoms with Crippen molar-refractivity contribution in [3.8, 4) is 0 Å². The number of benzene rings is 1. The van der Waals surface area contributed by atoms with Crippen LogP contribution in [0.25, 0.3) is 10.9 Å². The van der Waals surface area contributed by atoms with Crippen LogP contribution in [-0.4, -0.2) is 23.0 Å². The van der Waals surface area contributed by atoms with Crippen molar-refractivity contribution in [2.24, 2.45) is 5.73 Å².